The van der Waals surface area contributed by atoms with Crippen molar-refractivity contribution in [3.05, 3.63) is 0 Å². The van der Waals surface area contributed by atoms with E-state index in [1.54, 1.807) is 0 Å². The van der Waals surface area contributed by atoms with E-state index in [1.807, 2.05) is 13.8 Å². The Morgan fingerprint density at radius 3 is 2.10 bits per heavy atom. The predicted molar refractivity (Wildman–Crippen MR) is 79.0 cm³/mol. The average Bonchev–Trinajstić information content (AvgIpc) is 2.38. The number of hydrogen-bond acceptors (Lipinski definition) is 4. The van der Waals surface area contributed by atoms with Crippen molar-refractivity contribution < 1.29 is 20.4 Å². The van der Waals surface area contributed by atoms with Crippen LogP contribution in [0.2, 0.25) is 0 Å². The van der Waals surface area contributed by atoms with Gasteiger partial charge in [-0.3, -0.25) is 0 Å². The van der Waals surface area contributed by atoms with Crippen molar-refractivity contribution in [3.63, 3.8) is 0 Å². The monoisotopic (exact) mass is 288 g/mol. The Labute approximate surface area is 122 Å². The fourth-order valence-electron chi connectivity index (χ4n) is 3.71. The summed E-state index contributed by atoms with van der Waals surface area (Å²) >= 11 is 0. The fraction of sp³-hybridized carbons (Fsp3) is 1.00. The SMILES string of the molecule is CC(CC1(CO)CCC(CO)CC1)CC(C)(C)C(O)O. The van der Waals surface area contributed by atoms with E-state index in [2.05, 4.69) is 6.92 Å². The van der Waals surface area contributed by atoms with Crippen molar-refractivity contribution in [2.45, 2.75) is 65.6 Å². The zero-order valence-electron chi connectivity index (χ0n) is 13.2. The zero-order valence-corrected chi connectivity index (χ0v) is 13.2. The molecule has 4 nitrogen and oxygen atoms in total. The highest BCUT2D eigenvalue weighted by Gasteiger charge is 2.37. The molecule has 120 valence electrons. The second kappa shape index (κ2) is 7.21. The molecule has 1 atom stereocenters. The van der Waals surface area contributed by atoms with E-state index in [9.17, 15) is 20.4 Å². The molecule has 0 heterocycles. The summed E-state index contributed by atoms with van der Waals surface area (Å²) in [5, 5.41) is 37.8. The molecule has 4 heteroatoms. The van der Waals surface area contributed by atoms with Crippen LogP contribution in [0, 0.1) is 22.7 Å². The summed E-state index contributed by atoms with van der Waals surface area (Å²) in [5.74, 6) is 0.727. The van der Waals surface area contributed by atoms with Crippen LogP contribution in [0.4, 0.5) is 0 Å². The summed E-state index contributed by atoms with van der Waals surface area (Å²) in [5.41, 5.74) is -0.556. The standard InChI is InChI=1S/C16H32O4/c1-12(8-15(2,3)14(19)20)9-16(11-18)6-4-13(10-17)5-7-16/h12-14,17-20H,4-11H2,1-3H3. The maximum absolute atomic E-state index is 9.80. The molecule has 0 radical (unpaired) electrons. The molecule has 1 aliphatic rings. The molecule has 0 aliphatic heterocycles. The summed E-state index contributed by atoms with van der Waals surface area (Å²) in [7, 11) is 0. The Kier molecular flexibility index (Phi) is 6.45. The van der Waals surface area contributed by atoms with Gasteiger partial charge < -0.3 is 20.4 Å². The topological polar surface area (TPSA) is 80.9 Å². The summed E-state index contributed by atoms with van der Waals surface area (Å²) in [4.78, 5) is 0. The highest BCUT2D eigenvalue weighted by molar-refractivity contribution is 4.87. The third-order valence-electron chi connectivity index (χ3n) is 5.11. The predicted octanol–water partition coefficient (Wildman–Crippen LogP) is 1.90. The Morgan fingerprint density at radius 2 is 1.70 bits per heavy atom. The van der Waals surface area contributed by atoms with E-state index in [0.717, 1.165) is 38.5 Å². The van der Waals surface area contributed by atoms with Gasteiger partial charge in [-0.05, 0) is 55.8 Å². The molecule has 1 unspecified atom stereocenters. The van der Waals surface area contributed by atoms with E-state index in [0.29, 0.717) is 11.8 Å². The van der Waals surface area contributed by atoms with Gasteiger partial charge in [0.15, 0.2) is 6.29 Å². The summed E-state index contributed by atoms with van der Waals surface area (Å²) < 4.78 is 0. The summed E-state index contributed by atoms with van der Waals surface area (Å²) in [6.45, 7) is 6.29. The van der Waals surface area contributed by atoms with Crippen LogP contribution < -0.4 is 0 Å². The Bertz CT molecular complexity index is 280. The van der Waals surface area contributed by atoms with E-state index >= 15 is 0 Å². The second-order valence-electron chi connectivity index (χ2n) is 7.66. The lowest BCUT2D eigenvalue weighted by molar-refractivity contribution is -0.130. The molecule has 0 bridgehead atoms. The van der Waals surface area contributed by atoms with Gasteiger partial charge in [0.1, 0.15) is 0 Å². The van der Waals surface area contributed by atoms with E-state index in [-0.39, 0.29) is 18.6 Å². The first kappa shape index (κ1) is 17.9. The molecule has 0 aromatic rings. The van der Waals surface area contributed by atoms with Crippen molar-refractivity contribution in [1.29, 1.82) is 0 Å². The normalized spacial score (nSPS) is 29.7. The summed E-state index contributed by atoms with van der Waals surface area (Å²) in [6, 6.07) is 0. The lowest BCUT2D eigenvalue weighted by Gasteiger charge is -2.41. The smallest absolute Gasteiger partial charge is 0.156 e. The Morgan fingerprint density at radius 1 is 1.15 bits per heavy atom. The Balaban J connectivity index is 2.56. The van der Waals surface area contributed by atoms with Crippen LogP contribution >= 0.6 is 0 Å². The lowest BCUT2D eigenvalue weighted by atomic mass is 9.65. The van der Waals surface area contributed by atoms with E-state index in [4.69, 9.17) is 0 Å². The van der Waals surface area contributed by atoms with Crippen molar-refractivity contribution in [1.82, 2.24) is 0 Å². The molecule has 0 saturated heterocycles. The molecule has 1 rings (SSSR count). The van der Waals surface area contributed by atoms with Crippen LogP contribution in [0.15, 0.2) is 0 Å². The van der Waals surface area contributed by atoms with Gasteiger partial charge in [-0.25, -0.2) is 0 Å². The molecule has 1 aliphatic carbocycles. The van der Waals surface area contributed by atoms with Crippen molar-refractivity contribution in [3.8, 4) is 0 Å². The number of hydrogen-bond donors (Lipinski definition) is 4. The minimum absolute atomic E-state index is 0.0401. The van der Waals surface area contributed by atoms with Crippen LogP contribution in [0.25, 0.3) is 0 Å². The Hall–Kier alpha value is -0.160. The van der Waals surface area contributed by atoms with E-state index < -0.39 is 11.7 Å². The quantitative estimate of drug-likeness (QED) is 0.539. The molecule has 0 aromatic carbocycles. The highest BCUT2D eigenvalue weighted by atomic mass is 16.5. The van der Waals surface area contributed by atoms with Gasteiger partial charge in [-0.15, -0.1) is 0 Å². The minimum atomic E-state index is -1.31. The lowest BCUT2D eigenvalue weighted by Crippen LogP contribution is -2.36. The van der Waals surface area contributed by atoms with Crippen LogP contribution in [0.3, 0.4) is 0 Å². The number of aliphatic hydroxyl groups excluding tert-OH is 3. The first-order valence-corrected chi connectivity index (χ1v) is 7.82. The maximum atomic E-state index is 9.80. The van der Waals surface area contributed by atoms with Crippen LogP contribution in [-0.4, -0.2) is 39.9 Å². The third-order valence-corrected chi connectivity index (χ3v) is 5.11. The van der Waals surface area contributed by atoms with Gasteiger partial charge in [0.25, 0.3) is 0 Å². The molecule has 4 N–H and O–H groups in total. The highest BCUT2D eigenvalue weighted by Crippen LogP contribution is 2.45. The van der Waals surface area contributed by atoms with Gasteiger partial charge in [0.05, 0.1) is 0 Å². The molecule has 0 aromatic heterocycles. The largest absolute Gasteiger partial charge is 0.396 e. The van der Waals surface area contributed by atoms with Gasteiger partial charge in [0.2, 0.25) is 0 Å². The van der Waals surface area contributed by atoms with Gasteiger partial charge in [-0.1, -0.05) is 20.8 Å². The number of rotatable bonds is 7. The molecule has 1 saturated carbocycles. The maximum Gasteiger partial charge on any atom is 0.156 e. The van der Waals surface area contributed by atoms with Crippen LogP contribution in [0.1, 0.15) is 59.3 Å². The van der Waals surface area contributed by atoms with Gasteiger partial charge in [0, 0.05) is 18.6 Å². The van der Waals surface area contributed by atoms with Crippen molar-refractivity contribution in [2.24, 2.45) is 22.7 Å². The zero-order chi connectivity index (χ0) is 15.4. The first-order valence-electron chi connectivity index (χ1n) is 7.82. The van der Waals surface area contributed by atoms with Crippen molar-refractivity contribution in [2.75, 3.05) is 13.2 Å². The molecule has 0 amide bonds. The molecule has 1 fully saturated rings. The van der Waals surface area contributed by atoms with Crippen LogP contribution in [-0.2, 0) is 0 Å². The molecule has 0 spiro atoms. The molecular weight excluding hydrogens is 256 g/mol. The molecular formula is C16H32O4. The fourth-order valence-corrected chi connectivity index (χ4v) is 3.71. The summed E-state index contributed by atoms with van der Waals surface area (Å²) in [6.07, 6.45) is 4.22. The third kappa shape index (κ3) is 4.69. The minimum Gasteiger partial charge on any atom is -0.396 e. The van der Waals surface area contributed by atoms with Gasteiger partial charge in [-0.2, -0.15) is 0 Å². The van der Waals surface area contributed by atoms with Crippen molar-refractivity contribution >= 4 is 0 Å². The average molecular weight is 288 g/mol. The number of aliphatic hydroxyl groups is 4. The molecule has 20 heavy (non-hydrogen) atoms. The second-order valence-corrected chi connectivity index (χ2v) is 7.66. The first-order chi connectivity index (χ1) is 9.24. The van der Waals surface area contributed by atoms with E-state index in [1.165, 1.54) is 0 Å². The van der Waals surface area contributed by atoms with Gasteiger partial charge >= 0.3 is 0 Å². The van der Waals surface area contributed by atoms with Crippen LogP contribution in [0.5, 0.6) is 0 Å².